The average molecular weight is 561 g/mol. The number of esters is 2. The van der Waals surface area contributed by atoms with Crippen molar-refractivity contribution < 1.29 is 47.8 Å². The second-order valence-electron chi connectivity index (χ2n) is 11.7. The summed E-state index contributed by atoms with van der Waals surface area (Å²) < 4.78 is 11.1. The van der Waals surface area contributed by atoms with E-state index in [1.54, 1.807) is 12.1 Å². The van der Waals surface area contributed by atoms with Crippen LogP contribution in [0.15, 0.2) is 24.3 Å². The predicted molar refractivity (Wildman–Crippen MR) is 145 cm³/mol. The summed E-state index contributed by atoms with van der Waals surface area (Å²) >= 11 is 0. The summed E-state index contributed by atoms with van der Waals surface area (Å²) in [7, 11) is 0. The van der Waals surface area contributed by atoms with Gasteiger partial charge < -0.3 is 19.7 Å². The standard InChI is InChI=1S/C30H44N2O8/c33-23-19-31(15-7-1-8-16-31)27(35)13-5-6-14-28(36)32(17-9-2-10-18-32)20-24(34)22-40-30(38)26-12-4-3-11-25(26)29(37)39-21-23/h3-4,11-12,23-24,33-34H,1-2,5-10,13-22H2/q+2. The molecule has 3 aliphatic heterocycles. The summed E-state index contributed by atoms with van der Waals surface area (Å²) in [5.74, 6) is -1.45. The molecule has 2 fully saturated rings. The van der Waals surface area contributed by atoms with E-state index in [2.05, 4.69) is 0 Å². The zero-order valence-electron chi connectivity index (χ0n) is 23.4. The highest BCUT2D eigenvalue weighted by Gasteiger charge is 2.41. The molecular weight excluding hydrogens is 516 g/mol. The Morgan fingerprint density at radius 3 is 1.32 bits per heavy atom. The highest BCUT2D eigenvalue weighted by Crippen LogP contribution is 2.25. The van der Waals surface area contributed by atoms with Crippen LogP contribution in [-0.4, -0.2) is 108 Å². The lowest BCUT2D eigenvalue weighted by Gasteiger charge is -2.40. The monoisotopic (exact) mass is 560 g/mol. The van der Waals surface area contributed by atoms with Crippen molar-refractivity contribution in [2.45, 2.75) is 76.4 Å². The minimum Gasteiger partial charge on any atom is -0.459 e. The molecule has 0 bridgehead atoms. The van der Waals surface area contributed by atoms with Crippen LogP contribution in [0.3, 0.4) is 0 Å². The summed E-state index contributed by atoms with van der Waals surface area (Å²) in [6.45, 7) is 2.25. The molecule has 2 N–H and O–H groups in total. The van der Waals surface area contributed by atoms with Gasteiger partial charge in [0.1, 0.15) is 38.5 Å². The van der Waals surface area contributed by atoms with Crippen molar-refractivity contribution in [2.24, 2.45) is 0 Å². The molecule has 2 amide bonds. The third-order valence-electron chi connectivity index (χ3n) is 8.73. The van der Waals surface area contributed by atoms with Crippen LogP contribution >= 0.6 is 0 Å². The molecule has 0 aliphatic carbocycles. The lowest BCUT2D eigenvalue weighted by Crippen LogP contribution is -2.59. The Balaban J connectivity index is 1.57. The van der Waals surface area contributed by atoms with Gasteiger partial charge in [0, 0.05) is 0 Å². The summed E-state index contributed by atoms with van der Waals surface area (Å²) in [6.07, 6.45) is 5.31. The Bertz CT molecular complexity index is 979. The van der Waals surface area contributed by atoms with Gasteiger partial charge in [-0.3, -0.25) is 8.97 Å². The minimum absolute atomic E-state index is 0.00347. The molecule has 10 nitrogen and oxygen atoms in total. The molecule has 1 aromatic rings. The van der Waals surface area contributed by atoms with E-state index in [1.807, 2.05) is 0 Å². The molecule has 3 aliphatic rings. The molecule has 40 heavy (non-hydrogen) atoms. The number of carbonyl (C=O) groups excluding carboxylic acids is 4. The first-order chi connectivity index (χ1) is 19.2. The second-order valence-corrected chi connectivity index (χ2v) is 11.7. The highest BCUT2D eigenvalue weighted by atomic mass is 16.5. The van der Waals surface area contributed by atoms with Crippen molar-refractivity contribution in [3.63, 3.8) is 0 Å². The highest BCUT2D eigenvalue weighted by molar-refractivity contribution is 6.03. The molecular formula is C30H44N2O8+2. The number of nitrogens with zero attached hydrogens (tertiary/aromatic N) is 2. The fourth-order valence-electron chi connectivity index (χ4n) is 6.58. The fourth-order valence-corrected chi connectivity index (χ4v) is 6.58. The van der Waals surface area contributed by atoms with Crippen LogP contribution in [0.5, 0.6) is 0 Å². The van der Waals surface area contributed by atoms with Gasteiger partial charge in [0.2, 0.25) is 0 Å². The van der Waals surface area contributed by atoms with Gasteiger partial charge in [0.25, 0.3) is 0 Å². The maximum atomic E-state index is 13.5. The molecule has 0 aromatic heterocycles. The van der Waals surface area contributed by atoms with Gasteiger partial charge >= 0.3 is 23.8 Å². The molecule has 2 saturated heterocycles. The molecule has 1 aromatic carbocycles. The van der Waals surface area contributed by atoms with Crippen molar-refractivity contribution in [3.8, 4) is 0 Å². The number of piperidine rings is 2. The van der Waals surface area contributed by atoms with E-state index in [4.69, 9.17) is 9.47 Å². The Morgan fingerprint density at radius 2 is 0.950 bits per heavy atom. The number of ether oxygens (including phenoxy) is 2. The number of fused-ring (bicyclic) bond motifs is 1. The van der Waals surface area contributed by atoms with Crippen LogP contribution in [0.4, 0.5) is 0 Å². The number of aliphatic hydroxyl groups excluding tert-OH is 2. The summed E-state index contributed by atoms with van der Waals surface area (Å²) in [5.41, 5.74) is -0.00695. The molecule has 4 rings (SSSR count). The SMILES string of the molecule is O=C1OCC(O)C[N+]2(CCCCC2)C(=O)CCCCC(=O)[N+]2(CCCCC2)CC(O)COC(=O)c2ccccc21. The maximum absolute atomic E-state index is 13.5. The summed E-state index contributed by atoms with van der Waals surface area (Å²) in [6, 6.07) is 6.09. The van der Waals surface area contributed by atoms with Gasteiger partial charge in [-0.1, -0.05) is 12.1 Å². The van der Waals surface area contributed by atoms with Crippen molar-refractivity contribution in [1.82, 2.24) is 0 Å². The van der Waals surface area contributed by atoms with E-state index in [0.717, 1.165) is 38.5 Å². The molecule has 3 heterocycles. The molecule has 0 saturated carbocycles. The number of rotatable bonds is 0. The number of carbonyl (C=O) groups is 4. The second kappa shape index (κ2) is 13.8. The predicted octanol–water partition coefficient (Wildman–Crippen LogP) is 2.35. The normalized spacial score (nSPS) is 27.4. The number of aliphatic hydroxyl groups is 2. The van der Waals surface area contributed by atoms with Gasteiger partial charge in [-0.15, -0.1) is 0 Å². The van der Waals surface area contributed by atoms with Crippen LogP contribution in [0.25, 0.3) is 0 Å². The van der Waals surface area contributed by atoms with E-state index >= 15 is 0 Å². The number of hydrogen-bond acceptors (Lipinski definition) is 8. The fraction of sp³-hybridized carbons (Fsp3) is 0.667. The first-order valence-electron chi connectivity index (χ1n) is 14.8. The first-order valence-corrected chi connectivity index (χ1v) is 14.8. The number of amides is 2. The van der Waals surface area contributed by atoms with Crippen LogP contribution in [0, 0.1) is 0 Å². The molecule has 0 radical (unpaired) electrons. The largest absolute Gasteiger partial charge is 0.459 e. The Kier molecular flexibility index (Phi) is 10.5. The summed E-state index contributed by atoms with van der Waals surface area (Å²) in [5, 5.41) is 21.6. The zero-order chi connectivity index (χ0) is 28.6. The van der Waals surface area contributed by atoms with Crippen molar-refractivity contribution in [2.75, 3.05) is 52.5 Å². The van der Waals surface area contributed by atoms with E-state index in [0.29, 0.717) is 51.9 Å². The maximum Gasteiger partial charge on any atom is 0.339 e. The number of cyclic esters (lactones) is 2. The molecule has 10 heteroatoms. The van der Waals surface area contributed by atoms with Gasteiger partial charge in [0.15, 0.2) is 0 Å². The van der Waals surface area contributed by atoms with Crippen molar-refractivity contribution in [3.05, 3.63) is 35.4 Å². The van der Waals surface area contributed by atoms with Crippen molar-refractivity contribution in [1.29, 1.82) is 0 Å². The van der Waals surface area contributed by atoms with Crippen LogP contribution in [0.1, 0.15) is 84.9 Å². The van der Waals surface area contributed by atoms with Gasteiger partial charge in [-0.25, -0.2) is 19.2 Å². The summed E-state index contributed by atoms with van der Waals surface area (Å²) in [4.78, 5) is 52.8. The Morgan fingerprint density at radius 1 is 0.575 bits per heavy atom. The molecule has 2 unspecified atom stereocenters. The quantitative estimate of drug-likeness (QED) is 0.366. The zero-order valence-corrected chi connectivity index (χ0v) is 23.4. The first kappa shape index (κ1) is 30.3. The third kappa shape index (κ3) is 7.34. The van der Waals surface area contributed by atoms with E-state index in [-0.39, 0.29) is 58.2 Å². The minimum atomic E-state index is -1.05. The number of benzene rings is 1. The van der Waals surface area contributed by atoms with Crippen LogP contribution < -0.4 is 0 Å². The van der Waals surface area contributed by atoms with Gasteiger partial charge in [0.05, 0.1) is 50.1 Å². The molecule has 220 valence electrons. The number of hydrogen-bond donors (Lipinski definition) is 2. The van der Waals surface area contributed by atoms with Crippen LogP contribution in [-0.2, 0) is 19.1 Å². The topological polar surface area (TPSA) is 127 Å². The number of quaternary nitrogens is 2. The third-order valence-corrected chi connectivity index (χ3v) is 8.73. The van der Waals surface area contributed by atoms with Crippen molar-refractivity contribution >= 4 is 23.8 Å². The average Bonchev–Trinajstić information content (AvgIpc) is 2.97. The van der Waals surface area contributed by atoms with Gasteiger partial charge in [-0.05, 0) is 63.5 Å². The van der Waals surface area contributed by atoms with Crippen LogP contribution in [0.2, 0.25) is 0 Å². The van der Waals surface area contributed by atoms with E-state index in [9.17, 15) is 29.4 Å². The molecule has 2 spiro atoms. The smallest absolute Gasteiger partial charge is 0.339 e. The lowest BCUT2D eigenvalue weighted by atomic mass is 10.0. The Hall–Kier alpha value is -2.66. The van der Waals surface area contributed by atoms with Gasteiger partial charge in [-0.2, -0.15) is 0 Å². The lowest BCUT2D eigenvalue weighted by molar-refractivity contribution is -0.863. The van der Waals surface area contributed by atoms with E-state index < -0.39 is 24.1 Å². The Labute approximate surface area is 236 Å². The molecule has 2 atom stereocenters. The van der Waals surface area contributed by atoms with E-state index in [1.165, 1.54) is 12.1 Å².